The lowest BCUT2D eigenvalue weighted by Gasteiger charge is -2.23. The molecule has 0 fully saturated rings. The van der Waals surface area contributed by atoms with Crippen molar-refractivity contribution in [3.05, 3.63) is 23.8 Å². The van der Waals surface area contributed by atoms with Gasteiger partial charge in [-0.3, -0.25) is 0 Å². The van der Waals surface area contributed by atoms with Gasteiger partial charge in [-0.05, 0) is 17.7 Å². The van der Waals surface area contributed by atoms with Gasteiger partial charge in [0.25, 0.3) is 0 Å². The van der Waals surface area contributed by atoms with Crippen LogP contribution in [0.25, 0.3) is 0 Å². The lowest BCUT2D eigenvalue weighted by molar-refractivity contribution is 0.401. The minimum absolute atomic E-state index is 0. The monoisotopic (exact) mass is 261 g/mol. The third kappa shape index (κ3) is 2.62. The summed E-state index contributed by atoms with van der Waals surface area (Å²) in [6, 6.07) is 4.78. The van der Waals surface area contributed by atoms with E-state index in [9.17, 15) is 5.11 Å². The predicted molar refractivity (Wildman–Crippen MR) is 62.2 cm³/mol. The normalized spacial score (nSPS) is 10.8. The van der Waals surface area contributed by atoms with Crippen LogP contribution in [0.4, 0.5) is 0 Å². The molecule has 0 atom stereocenters. The van der Waals surface area contributed by atoms with Crippen molar-refractivity contribution < 1.29 is 10.2 Å². The van der Waals surface area contributed by atoms with Gasteiger partial charge >= 0.3 is 0 Å². The number of nitrogens with two attached hydrogens (primary N) is 1. The van der Waals surface area contributed by atoms with E-state index < -0.39 is 0 Å². The van der Waals surface area contributed by atoms with Crippen LogP contribution < -0.4 is 5.73 Å². The topological polar surface area (TPSA) is 66.5 Å². The fourth-order valence-corrected chi connectivity index (χ4v) is 1.06. The maximum Gasteiger partial charge on any atom is 0.157 e. The van der Waals surface area contributed by atoms with E-state index in [1.807, 2.05) is 13.8 Å². The molecule has 0 radical (unpaired) electrons. The molecule has 1 aromatic carbocycles. The van der Waals surface area contributed by atoms with Gasteiger partial charge in [-0.15, -0.1) is 17.0 Å². The molecule has 14 heavy (non-hydrogen) atoms. The third-order valence-electron chi connectivity index (χ3n) is 2.27. The van der Waals surface area contributed by atoms with Gasteiger partial charge < -0.3 is 15.9 Å². The van der Waals surface area contributed by atoms with Gasteiger partial charge in [0, 0.05) is 12.0 Å². The molecule has 0 saturated carbocycles. The second kappa shape index (κ2) is 4.66. The first-order chi connectivity index (χ1) is 5.97. The molecule has 0 spiro atoms. The van der Waals surface area contributed by atoms with Crippen LogP contribution in [0.3, 0.4) is 0 Å². The molecule has 3 nitrogen and oxygen atoms in total. The molecule has 0 heterocycles. The van der Waals surface area contributed by atoms with Gasteiger partial charge in [0.15, 0.2) is 11.5 Å². The molecule has 0 aromatic heterocycles. The Labute approximate surface area is 94.3 Å². The first-order valence-electron chi connectivity index (χ1n) is 4.20. The zero-order valence-corrected chi connectivity index (χ0v) is 10.0. The molecule has 1 rings (SSSR count). The van der Waals surface area contributed by atoms with Crippen molar-refractivity contribution in [1.29, 1.82) is 0 Å². The number of hydrogen-bond acceptors (Lipinski definition) is 3. The van der Waals surface area contributed by atoms with Crippen LogP contribution in [-0.4, -0.2) is 16.8 Å². The number of halogens is 1. The molecular formula is C10H16BrNO2. The quantitative estimate of drug-likeness (QED) is 0.713. The predicted octanol–water partition coefficient (Wildman–Crippen LogP) is 1.91. The van der Waals surface area contributed by atoms with Crippen molar-refractivity contribution in [1.82, 2.24) is 0 Å². The molecule has 0 amide bonds. The Kier molecular flexibility index (Phi) is 4.42. The molecule has 0 aliphatic heterocycles. The minimum atomic E-state index is -0.175. The maximum atomic E-state index is 9.27. The number of benzene rings is 1. The highest BCUT2D eigenvalue weighted by Gasteiger charge is 2.19. The summed E-state index contributed by atoms with van der Waals surface area (Å²) >= 11 is 0. The highest BCUT2D eigenvalue weighted by atomic mass is 79.9. The van der Waals surface area contributed by atoms with Crippen LogP contribution in [0, 0.1) is 0 Å². The number of hydrogen-bond donors (Lipinski definition) is 3. The second-order valence-corrected chi connectivity index (χ2v) is 3.79. The van der Waals surface area contributed by atoms with E-state index in [-0.39, 0.29) is 33.9 Å². The smallest absolute Gasteiger partial charge is 0.157 e. The molecule has 4 N–H and O–H groups in total. The number of aromatic hydroxyl groups is 2. The van der Waals surface area contributed by atoms with Gasteiger partial charge in [-0.25, -0.2) is 0 Å². The zero-order chi connectivity index (χ0) is 10.1. The molecule has 0 bridgehead atoms. The fraction of sp³-hybridized carbons (Fsp3) is 0.400. The van der Waals surface area contributed by atoms with Gasteiger partial charge in [-0.2, -0.15) is 0 Å². The summed E-state index contributed by atoms with van der Waals surface area (Å²) in [5.74, 6) is -0.199. The molecule has 0 aliphatic carbocycles. The molecule has 80 valence electrons. The van der Waals surface area contributed by atoms with Gasteiger partial charge in [0.2, 0.25) is 0 Å². The van der Waals surface area contributed by atoms with Crippen molar-refractivity contribution in [2.75, 3.05) is 6.54 Å². The van der Waals surface area contributed by atoms with E-state index in [2.05, 4.69) is 0 Å². The first kappa shape index (κ1) is 13.3. The van der Waals surface area contributed by atoms with E-state index in [1.165, 1.54) is 6.07 Å². The summed E-state index contributed by atoms with van der Waals surface area (Å²) in [6.07, 6.45) is 0. The van der Waals surface area contributed by atoms with Gasteiger partial charge in [-0.1, -0.05) is 19.9 Å². The summed E-state index contributed by atoms with van der Waals surface area (Å²) in [6.45, 7) is 4.47. The van der Waals surface area contributed by atoms with E-state index in [4.69, 9.17) is 10.8 Å². The Bertz CT molecular complexity index is 313. The van der Waals surface area contributed by atoms with E-state index >= 15 is 0 Å². The Morgan fingerprint density at radius 3 is 2.21 bits per heavy atom. The fourth-order valence-electron chi connectivity index (χ4n) is 1.06. The van der Waals surface area contributed by atoms with E-state index in [1.54, 1.807) is 12.1 Å². The lowest BCUT2D eigenvalue weighted by atomic mass is 9.85. The summed E-state index contributed by atoms with van der Waals surface area (Å²) in [4.78, 5) is 0. The Morgan fingerprint density at radius 2 is 1.79 bits per heavy atom. The molecule has 4 heteroatoms. The molecule has 1 aromatic rings. The highest BCUT2D eigenvalue weighted by Crippen LogP contribution is 2.30. The summed E-state index contributed by atoms with van der Waals surface area (Å²) < 4.78 is 0. The number of phenolic OH excluding ortho intramolecular Hbond substituents is 2. The van der Waals surface area contributed by atoms with Crippen LogP contribution in [0.15, 0.2) is 18.2 Å². The SMILES string of the molecule is Br.CC(C)(CN)c1ccc(O)c(O)c1. The van der Waals surface area contributed by atoms with Crippen molar-refractivity contribution in [3.63, 3.8) is 0 Å². The van der Waals surface area contributed by atoms with Gasteiger partial charge in [0.1, 0.15) is 0 Å². The number of rotatable bonds is 2. The van der Waals surface area contributed by atoms with Crippen LogP contribution >= 0.6 is 17.0 Å². The third-order valence-corrected chi connectivity index (χ3v) is 2.27. The Morgan fingerprint density at radius 1 is 1.21 bits per heavy atom. The highest BCUT2D eigenvalue weighted by molar-refractivity contribution is 8.93. The van der Waals surface area contributed by atoms with E-state index in [0.29, 0.717) is 6.54 Å². The molecule has 0 saturated heterocycles. The van der Waals surface area contributed by atoms with Crippen molar-refractivity contribution in [3.8, 4) is 11.5 Å². The van der Waals surface area contributed by atoms with Crippen molar-refractivity contribution in [2.24, 2.45) is 5.73 Å². The Hall–Kier alpha value is -0.740. The lowest BCUT2D eigenvalue weighted by Crippen LogP contribution is -2.27. The Balaban J connectivity index is 0.00000169. The van der Waals surface area contributed by atoms with Crippen LogP contribution in [0.2, 0.25) is 0 Å². The minimum Gasteiger partial charge on any atom is -0.504 e. The second-order valence-electron chi connectivity index (χ2n) is 3.79. The van der Waals surface area contributed by atoms with Crippen LogP contribution in [0.1, 0.15) is 19.4 Å². The first-order valence-corrected chi connectivity index (χ1v) is 4.20. The maximum absolute atomic E-state index is 9.27. The molecule has 0 aliphatic rings. The largest absolute Gasteiger partial charge is 0.504 e. The zero-order valence-electron chi connectivity index (χ0n) is 8.32. The molecular weight excluding hydrogens is 246 g/mol. The summed E-state index contributed by atoms with van der Waals surface area (Å²) in [5.41, 5.74) is 6.33. The standard InChI is InChI=1S/C10H15NO2.BrH/c1-10(2,6-11)7-3-4-8(12)9(13)5-7;/h3-5,12-13H,6,11H2,1-2H3;1H. The average molecular weight is 262 g/mol. The van der Waals surface area contributed by atoms with Crippen molar-refractivity contribution in [2.45, 2.75) is 19.3 Å². The van der Waals surface area contributed by atoms with Crippen molar-refractivity contribution >= 4 is 17.0 Å². The molecule has 0 unspecified atom stereocenters. The van der Waals surface area contributed by atoms with Gasteiger partial charge in [0.05, 0.1) is 0 Å². The van der Waals surface area contributed by atoms with E-state index in [0.717, 1.165) is 5.56 Å². The summed E-state index contributed by atoms with van der Waals surface area (Å²) in [5, 5.41) is 18.4. The van der Waals surface area contributed by atoms with Crippen LogP contribution in [-0.2, 0) is 5.41 Å². The van der Waals surface area contributed by atoms with Crippen LogP contribution in [0.5, 0.6) is 11.5 Å². The number of phenols is 2. The summed E-state index contributed by atoms with van der Waals surface area (Å²) in [7, 11) is 0. The average Bonchev–Trinajstić information content (AvgIpc) is 2.09.